The Hall–Kier alpha value is -1.06. The first kappa shape index (κ1) is 18.0. The van der Waals surface area contributed by atoms with Gasteiger partial charge in [0.25, 0.3) is 0 Å². The minimum Gasteiger partial charge on any atom is -0.368 e. The summed E-state index contributed by atoms with van der Waals surface area (Å²) >= 11 is 0. The zero-order valence-corrected chi connectivity index (χ0v) is 14.7. The van der Waals surface area contributed by atoms with Crippen LogP contribution in [0.1, 0.15) is 38.3 Å². The predicted octanol–water partition coefficient (Wildman–Crippen LogP) is 3.27. The lowest BCUT2D eigenvalue weighted by atomic mass is 10.1. The minimum atomic E-state index is 0.512. The summed E-state index contributed by atoms with van der Waals surface area (Å²) < 4.78 is 0. The van der Waals surface area contributed by atoms with E-state index in [9.17, 15) is 0 Å². The Morgan fingerprint density at radius 3 is 2.48 bits per heavy atom. The number of hydrogen-bond acceptors (Lipinski definition) is 3. The number of nitrogens with zero attached hydrogens (tertiary/aromatic N) is 2. The summed E-state index contributed by atoms with van der Waals surface area (Å²) in [5.41, 5.74) is 4.13. The van der Waals surface area contributed by atoms with Gasteiger partial charge in [0, 0.05) is 31.4 Å². The van der Waals surface area contributed by atoms with Crippen LogP contribution < -0.4 is 10.2 Å². The van der Waals surface area contributed by atoms with Crippen LogP contribution in [0.25, 0.3) is 0 Å². The van der Waals surface area contributed by atoms with Gasteiger partial charge in [-0.15, -0.1) is 0 Å². The van der Waals surface area contributed by atoms with Crippen LogP contribution in [0, 0.1) is 6.92 Å². The number of likely N-dealkylation sites (N-methyl/N-ethyl adjacent to an activating group) is 2. The third kappa shape index (κ3) is 5.68. The van der Waals surface area contributed by atoms with Gasteiger partial charge in [-0.25, -0.2) is 0 Å². The number of anilines is 1. The second-order valence-electron chi connectivity index (χ2n) is 6.21. The van der Waals surface area contributed by atoms with Gasteiger partial charge in [-0.1, -0.05) is 24.6 Å². The van der Waals surface area contributed by atoms with Crippen molar-refractivity contribution in [2.24, 2.45) is 0 Å². The number of hydrogen-bond donors (Lipinski definition) is 1. The molecule has 0 spiro atoms. The Morgan fingerprint density at radius 1 is 1.19 bits per heavy atom. The molecule has 0 heterocycles. The molecule has 0 saturated carbocycles. The van der Waals surface area contributed by atoms with E-state index in [1.54, 1.807) is 0 Å². The monoisotopic (exact) mass is 291 g/mol. The van der Waals surface area contributed by atoms with Crippen LogP contribution in [-0.2, 0) is 6.54 Å². The zero-order valence-electron chi connectivity index (χ0n) is 14.7. The molecule has 1 N–H and O–H groups in total. The highest BCUT2D eigenvalue weighted by molar-refractivity contribution is 5.55. The lowest BCUT2D eigenvalue weighted by Crippen LogP contribution is -2.40. The van der Waals surface area contributed by atoms with E-state index in [0.29, 0.717) is 6.04 Å². The fourth-order valence-electron chi connectivity index (χ4n) is 2.88. The van der Waals surface area contributed by atoms with Crippen molar-refractivity contribution < 1.29 is 0 Å². The van der Waals surface area contributed by atoms with Crippen molar-refractivity contribution in [3.8, 4) is 0 Å². The molecule has 0 aliphatic carbocycles. The Morgan fingerprint density at radius 2 is 1.90 bits per heavy atom. The smallest absolute Gasteiger partial charge is 0.0414 e. The number of rotatable bonds is 9. The molecule has 0 bridgehead atoms. The molecule has 1 atom stereocenters. The molecule has 120 valence electrons. The highest BCUT2D eigenvalue weighted by Gasteiger charge is 2.16. The number of nitrogens with one attached hydrogen (secondary N) is 1. The maximum absolute atomic E-state index is 3.54. The fourth-order valence-corrected chi connectivity index (χ4v) is 2.88. The standard InChI is InChI=1S/C18H33N3/c1-7-11-19-13-17-12-15(3)9-10-18(17)21(8-2)16(4)14-20(5)6/h9-10,12,16,19H,7-8,11,13-14H2,1-6H3. The van der Waals surface area contributed by atoms with E-state index in [0.717, 1.165) is 26.2 Å². The maximum atomic E-state index is 3.54. The molecular weight excluding hydrogens is 258 g/mol. The Balaban J connectivity index is 2.96. The molecule has 1 aromatic rings. The third-order valence-electron chi connectivity index (χ3n) is 3.79. The molecule has 0 radical (unpaired) electrons. The Bertz CT molecular complexity index is 415. The van der Waals surface area contributed by atoms with Gasteiger partial charge in [-0.05, 0) is 59.5 Å². The summed E-state index contributed by atoms with van der Waals surface area (Å²) in [4.78, 5) is 4.78. The van der Waals surface area contributed by atoms with E-state index < -0.39 is 0 Å². The molecular formula is C18H33N3. The van der Waals surface area contributed by atoms with E-state index in [1.165, 1.54) is 23.2 Å². The molecule has 1 unspecified atom stereocenters. The van der Waals surface area contributed by atoms with Gasteiger partial charge in [-0.2, -0.15) is 0 Å². The zero-order chi connectivity index (χ0) is 15.8. The minimum absolute atomic E-state index is 0.512. The van der Waals surface area contributed by atoms with Crippen LogP contribution in [0.15, 0.2) is 18.2 Å². The van der Waals surface area contributed by atoms with Crippen LogP contribution in [0.2, 0.25) is 0 Å². The van der Waals surface area contributed by atoms with Crippen molar-refractivity contribution in [1.82, 2.24) is 10.2 Å². The molecule has 3 heteroatoms. The summed E-state index contributed by atoms with van der Waals surface area (Å²) in [6, 6.07) is 7.35. The van der Waals surface area contributed by atoms with E-state index in [-0.39, 0.29) is 0 Å². The first-order valence-corrected chi connectivity index (χ1v) is 8.21. The van der Waals surface area contributed by atoms with Crippen LogP contribution in [-0.4, -0.2) is 44.7 Å². The molecule has 0 saturated heterocycles. The average Bonchev–Trinajstić information content (AvgIpc) is 2.41. The largest absolute Gasteiger partial charge is 0.368 e. The predicted molar refractivity (Wildman–Crippen MR) is 94.2 cm³/mol. The molecule has 0 aliphatic heterocycles. The lowest BCUT2D eigenvalue weighted by Gasteiger charge is -2.34. The molecule has 3 nitrogen and oxygen atoms in total. The molecule has 21 heavy (non-hydrogen) atoms. The van der Waals surface area contributed by atoms with Gasteiger partial charge in [0.15, 0.2) is 0 Å². The molecule has 1 aromatic carbocycles. The van der Waals surface area contributed by atoms with Crippen LogP contribution >= 0.6 is 0 Å². The molecule has 0 aliphatic rings. The number of aryl methyl sites for hydroxylation is 1. The van der Waals surface area contributed by atoms with E-state index in [1.807, 2.05) is 0 Å². The van der Waals surface area contributed by atoms with E-state index in [4.69, 9.17) is 0 Å². The van der Waals surface area contributed by atoms with Gasteiger partial charge in [0.1, 0.15) is 0 Å². The SMILES string of the molecule is CCCNCc1cc(C)ccc1N(CC)C(C)CN(C)C. The first-order chi connectivity index (χ1) is 9.99. The summed E-state index contributed by atoms with van der Waals surface area (Å²) in [5.74, 6) is 0. The van der Waals surface area contributed by atoms with E-state index >= 15 is 0 Å². The first-order valence-electron chi connectivity index (χ1n) is 8.21. The highest BCUT2D eigenvalue weighted by Crippen LogP contribution is 2.24. The summed E-state index contributed by atoms with van der Waals surface area (Å²) in [6.07, 6.45) is 1.18. The summed E-state index contributed by atoms with van der Waals surface area (Å²) in [6.45, 7) is 13.1. The van der Waals surface area contributed by atoms with Crippen molar-refractivity contribution in [2.75, 3.05) is 38.6 Å². The van der Waals surface area contributed by atoms with Crippen molar-refractivity contribution in [2.45, 2.75) is 46.7 Å². The maximum Gasteiger partial charge on any atom is 0.0414 e. The quantitative estimate of drug-likeness (QED) is 0.705. The van der Waals surface area contributed by atoms with Gasteiger partial charge in [0.2, 0.25) is 0 Å². The second-order valence-corrected chi connectivity index (χ2v) is 6.21. The summed E-state index contributed by atoms with van der Waals surface area (Å²) in [5, 5.41) is 3.54. The van der Waals surface area contributed by atoms with Gasteiger partial charge in [0.05, 0.1) is 0 Å². The molecule has 0 aromatic heterocycles. The average molecular weight is 291 g/mol. The normalized spacial score (nSPS) is 12.7. The lowest BCUT2D eigenvalue weighted by molar-refractivity contribution is 0.372. The molecule has 0 fully saturated rings. The van der Waals surface area contributed by atoms with Crippen molar-refractivity contribution >= 4 is 5.69 Å². The van der Waals surface area contributed by atoms with Gasteiger partial charge < -0.3 is 15.1 Å². The van der Waals surface area contributed by atoms with Crippen LogP contribution in [0.3, 0.4) is 0 Å². The Kier molecular flexibility index (Phi) is 7.76. The topological polar surface area (TPSA) is 18.5 Å². The fraction of sp³-hybridized carbons (Fsp3) is 0.667. The van der Waals surface area contributed by atoms with Crippen molar-refractivity contribution in [3.63, 3.8) is 0 Å². The second kappa shape index (κ2) is 9.06. The molecule has 0 amide bonds. The van der Waals surface area contributed by atoms with Crippen LogP contribution in [0.5, 0.6) is 0 Å². The Labute approximate surface area is 131 Å². The van der Waals surface area contributed by atoms with E-state index in [2.05, 4.69) is 75.1 Å². The third-order valence-corrected chi connectivity index (χ3v) is 3.79. The molecule has 1 rings (SSSR count). The van der Waals surface area contributed by atoms with Crippen molar-refractivity contribution in [1.29, 1.82) is 0 Å². The van der Waals surface area contributed by atoms with Crippen LogP contribution in [0.4, 0.5) is 5.69 Å². The number of benzene rings is 1. The van der Waals surface area contributed by atoms with Gasteiger partial charge >= 0.3 is 0 Å². The van der Waals surface area contributed by atoms with Crippen molar-refractivity contribution in [3.05, 3.63) is 29.3 Å². The highest BCUT2D eigenvalue weighted by atomic mass is 15.2. The van der Waals surface area contributed by atoms with Gasteiger partial charge in [-0.3, -0.25) is 0 Å². The summed E-state index contributed by atoms with van der Waals surface area (Å²) in [7, 11) is 4.28.